The van der Waals surface area contributed by atoms with Crippen LogP contribution >= 0.6 is 11.6 Å². The van der Waals surface area contributed by atoms with Crippen molar-refractivity contribution in [2.24, 2.45) is 0 Å². The number of hydrogen-bond acceptors (Lipinski definition) is 3. The molecule has 0 saturated heterocycles. The van der Waals surface area contributed by atoms with Gasteiger partial charge in [0, 0.05) is 30.1 Å². The molecule has 1 amide bonds. The van der Waals surface area contributed by atoms with Crippen molar-refractivity contribution < 1.29 is 9.90 Å². The third kappa shape index (κ3) is 2.65. The highest BCUT2D eigenvalue weighted by molar-refractivity contribution is 6.34. The van der Waals surface area contributed by atoms with Gasteiger partial charge >= 0.3 is 0 Å². The second kappa shape index (κ2) is 5.90. The van der Waals surface area contributed by atoms with Crippen LogP contribution in [0.3, 0.4) is 0 Å². The molecule has 1 N–H and O–H groups in total. The van der Waals surface area contributed by atoms with E-state index in [4.69, 9.17) is 11.6 Å². The van der Waals surface area contributed by atoms with Crippen molar-refractivity contribution in [1.82, 2.24) is 4.98 Å². The Labute approximate surface area is 150 Å². The molecule has 0 radical (unpaired) electrons. The number of nitrogens with zero attached hydrogens (tertiary/aromatic N) is 2. The van der Waals surface area contributed by atoms with Gasteiger partial charge < -0.3 is 10.0 Å². The zero-order valence-corrected chi connectivity index (χ0v) is 14.3. The molecule has 0 saturated carbocycles. The first-order valence-electron chi connectivity index (χ1n) is 7.88. The molecule has 0 aliphatic carbocycles. The van der Waals surface area contributed by atoms with E-state index in [9.17, 15) is 9.90 Å². The van der Waals surface area contributed by atoms with Crippen LogP contribution in [-0.4, -0.2) is 23.0 Å². The first-order chi connectivity index (χ1) is 12.0. The van der Waals surface area contributed by atoms with Gasteiger partial charge in [-0.3, -0.25) is 9.78 Å². The molecule has 2 heterocycles. The largest absolute Gasteiger partial charge is 0.506 e. The lowest BCUT2D eigenvalue weighted by Gasteiger charge is -2.13. The van der Waals surface area contributed by atoms with Crippen LogP contribution in [-0.2, 0) is 11.2 Å². The molecule has 25 heavy (non-hydrogen) atoms. The van der Waals surface area contributed by atoms with Gasteiger partial charge in [-0.25, -0.2) is 0 Å². The topological polar surface area (TPSA) is 53.4 Å². The Balaban J connectivity index is 1.73. The van der Waals surface area contributed by atoms with Gasteiger partial charge in [0.2, 0.25) is 5.91 Å². The maximum atomic E-state index is 11.9. The molecule has 4 rings (SSSR count). The van der Waals surface area contributed by atoms with E-state index in [1.807, 2.05) is 36.4 Å². The van der Waals surface area contributed by atoms with Crippen LogP contribution in [0.5, 0.6) is 5.75 Å². The standard InChI is InChI=1S/C20H15ClN2O2/c1-23-17-11-16(21)15(9-14(17)10-19(23)25)12-4-6-13(7-5-12)20-18(24)3-2-8-22-20/h2-9,11,24H,10H2,1H3. The third-order valence-corrected chi connectivity index (χ3v) is 4.81. The molecule has 0 unspecified atom stereocenters. The van der Waals surface area contributed by atoms with E-state index in [0.29, 0.717) is 17.1 Å². The van der Waals surface area contributed by atoms with E-state index in [-0.39, 0.29) is 11.7 Å². The molecule has 0 spiro atoms. The summed E-state index contributed by atoms with van der Waals surface area (Å²) in [6.45, 7) is 0. The van der Waals surface area contributed by atoms with E-state index >= 15 is 0 Å². The number of aromatic hydroxyl groups is 1. The Morgan fingerprint density at radius 1 is 1.12 bits per heavy atom. The van der Waals surface area contributed by atoms with Gasteiger partial charge in [0.1, 0.15) is 11.4 Å². The molecule has 5 heteroatoms. The fourth-order valence-corrected chi connectivity index (χ4v) is 3.39. The average molecular weight is 351 g/mol. The minimum atomic E-state index is 0.0733. The Hall–Kier alpha value is -2.85. The minimum absolute atomic E-state index is 0.0733. The first kappa shape index (κ1) is 15.7. The van der Waals surface area contributed by atoms with Crippen molar-refractivity contribution >= 4 is 23.2 Å². The second-order valence-electron chi connectivity index (χ2n) is 6.04. The molecule has 1 aromatic heterocycles. The molecule has 1 aliphatic heterocycles. The van der Waals surface area contributed by atoms with E-state index in [2.05, 4.69) is 4.98 Å². The van der Waals surface area contributed by atoms with Gasteiger partial charge in [0.05, 0.1) is 11.4 Å². The van der Waals surface area contributed by atoms with Gasteiger partial charge in [-0.2, -0.15) is 0 Å². The molecular weight excluding hydrogens is 336 g/mol. The lowest BCUT2D eigenvalue weighted by Crippen LogP contribution is -2.20. The number of likely N-dealkylation sites (N-methyl/N-ethyl adjacent to an activating group) is 1. The highest BCUT2D eigenvalue weighted by atomic mass is 35.5. The molecule has 3 aromatic rings. The van der Waals surface area contributed by atoms with E-state index < -0.39 is 0 Å². The highest BCUT2D eigenvalue weighted by Gasteiger charge is 2.25. The molecule has 124 valence electrons. The Kier molecular flexibility index (Phi) is 3.70. The van der Waals surface area contributed by atoms with Crippen LogP contribution in [0.25, 0.3) is 22.4 Å². The summed E-state index contributed by atoms with van der Waals surface area (Å²) in [5.74, 6) is 0.219. The summed E-state index contributed by atoms with van der Waals surface area (Å²) >= 11 is 6.45. The number of benzene rings is 2. The number of hydrogen-bond donors (Lipinski definition) is 1. The number of pyridine rings is 1. The van der Waals surface area contributed by atoms with Crippen molar-refractivity contribution in [3.05, 3.63) is 65.3 Å². The molecule has 4 nitrogen and oxygen atoms in total. The van der Waals surface area contributed by atoms with Crippen LogP contribution in [0.2, 0.25) is 5.02 Å². The van der Waals surface area contributed by atoms with E-state index in [1.54, 1.807) is 30.3 Å². The third-order valence-electron chi connectivity index (χ3n) is 4.50. The van der Waals surface area contributed by atoms with Crippen LogP contribution in [0.1, 0.15) is 5.56 Å². The van der Waals surface area contributed by atoms with Gasteiger partial charge in [-0.15, -0.1) is 0 Å². The molecule has 0 fully saturated rings. The number of halogens is 1. The summed E-state index contributed by atoms with van der Waals surface area (Å²) < 4.78 is 0. The predicted molar refractivity (Wildman–Crippen MR) is 98.9 cm³/mol. The summed E-state index contributed by atoms with van der Waals surface area (Å²) in [5.41, 5.74) is 5.07. The van der Waals surface area contributed by atoms with Crippen molar-refractivity contribution in [2.45, 2.75) is 6.42 Å². The summed E-state index contributed by atoms with van der Waals surface area (Å²) in [5, 5.41) is 10.5. The van der Waals surface area contributed by atoms with Crippen LogP contribution in [0, 0.1) is 0 Å². The quantitative estimate of drug-likeness (QED) is 0.750. The number of carbonyl (C=O) groups is 1. The summed E-state index contributed by atoms with van der Waals surface area (Å²) in [6, 6.07) is 14.8. The SMILES string of the molecule is CN1C(=O)Cc2cc(-c3ccc(-c4ncccc4O)cc3)c(Cl)cc21. The highest BCUT2D eigenvalue weighted by Crippen LogP contribution is 2.38. The Bertz CT molecular complexity index is 983. The lowest BCUT2D eigenvalue weighted by molar-refractivity contribution is -0.117. The second-order valence-corrected chi connectivity index (χ2v) is 6.45. The molecule has 2 aromatic carbocycles. The number of carbonyl (C=O) groups excluding carboxylic acids is 1. The predicted octanol–water partition coefficient (Wildman–Crippen LogP) is 4.29. The van der Waals surface area contributed by atoms with Crippen LogP contribution in [0.4, 0.5) is 5.69 Å². The normalized spacial score (nSPS) is 13.2. The zero-order valence-electron chi connectivity index (χ0n) is 13.5. The summed E-state index contributed by atoms with van der Waals surface area (Å²) in [7, 11) is 1.76. The number of anilines is 1. The number of fused-ring (bicyclic) bond motifs is 1. The summed E-state index contributed by atoms with van der Waals surface area (Å²) in [6.07, 6.45) is 2.05. The van der Waals surface area contributed by atoms with Crippen molar-refractivity contribution in [1.29, 1.82) is 0 Å². The smallest absolute Gasteiger partial charge is 0.231 e. The maximum absolute atomic E-state index is 11.9. The lowest BCUT2D eigenvalue weighted by atomic mass is 9.99. The summed E-state index contributed by atoms with van der Waals surface area (Å²) in [4.78, 5) is 17.7. The van der Waals surface area contributed by atoms with Crippen LogP contribution < -0.4 is 4.90 Å². The van der Waals surface area contributed by atoms with Crippen molar-refractivity contribution in [2.75, 3.05) is 11.9 Å². The molecule has 1 aliphatic rings. The Morgan fingerprint density at radius 3 is 2.56 bits per heavy atom. The van der Waals surface area contributed by atoms with Crippen LogP contribution in [0.15, 0.2) is 54.7 Å². The monoisotopic (exact) mass is 350 g/mol. The van der Waals surface area contributed by atoms with E-state index in [1.165, 1.54) is 0 Å². The maximum Gasteiger partial charge on any atom is 0.231 e. The minimum Gasteiger partial charge on any atom is -0.506 e. The first-order valence-corrected chi connectivity index (χ1v) is 8.26. The zero-order chi connectivity index (χ0) is 17.6. The van der Waals surface area contributed by atoms with E-state index in [0.717, 1.165) is 27.9 Å². The van der Waals surface area contributed by atoms with Crippen molar-refractivity contribution in [3.63, 3.8) is 0 Å². The fraction of sp³-hybridized carbons (Fsp3) is 0.100. The average Bonchev–Trinajstić information content (AvgIpc) is 2.89. The molecule has 0 atom stereocenters. The van der Waals surface area contributed by atoms with Gasteiger partial charge in [-0.1, -0.05) is 35.9 Å². The Morgan fingerprint density at radius 2 is 1.84 bits per heavy atom. The number of rotatable bonds is 2. The number of amides is 1. The molecule has 0 bridgehead atoms. The molecular formula is C20H15ClN2O2. The van der Waals surface area contributed by atoms with Gasteiger partial charge in [0.25, 0.3) is 0 Å². The number of aromatic nitrogens is 1. The van der Waals surface area contributed by atoms with Gasteiger partial charge in [0.15, 0.2) is 0 Å². The fourth-order valence-electron chi connectivity index (χ4n) is 3.13. The van der Waals surface area contributed by atoms with Crippen molar-refractivity contribution in [3.8, 4) is 28.1 Å². The van der Waals surface area contributed by atoms with Gasteiger partial charge in [-0.05, 0) is 35.4 Å².